The minimum atomic E-state index is 0.0831. The molecule has 2 rings (SSSR count). The van der Waals surface area contributed by atoms with Gasteiger partial charge in [-0.1, -0.05) is 11.6 Å². The quantitative estimate of drug-likeness (QED) is 0.782. The number of Topliss-reactive ketones (excluding diaryl/α,β-unsaturated/α-hetero) is 1. The van der Waals surface area contributed by atoms with Gasteiger partial charge >= 0.3 is 0 Å². The second kappa shape index (κ2) is 6.95. The van der Waals surface area contributed by atoms with Crippen molar-refractivity contribution in [2.45, 2.75) is 19.3 Å². The first-order valence-corrected chi connectivity index (χ1v) is 7.06. The topological polar surface area (TPSA) is 44.8 Å². The van der Waals surface area contributed by atoms with Gasteiger partial charge in [0.05, 0.1) is 19.2 Å². The van der Waals surface area contributed by atoms with Crippen molar-refractivity contribution in [1.29, 1.82) is 0 Å². The summed E-state index contributed by atoms with van der Waals surface area (Å²) in [5, 5.41) is 0.391. The Kier molecular flexibility index (Phi) is 5.26. The maximum Gasteiger partial charge on any atom is 0.179 e. The monoisotopic (exact) mass is 298 g/mol. The summed E-state index contributed by atoms with van der Waals surface area (Å²) < 4.78 is 15.7. The first-order chi connectivity index (χ1) is 9.65. The van der Waals surface area contributed by atoms with Crippen LogP contribution in [0.2, 0.25) is 5.02 Å². The predicted octanol–water partition coefficient (Wildman–Crippen LogP) is 3.36. The average molecular weight is 299 g/mol. The number of hydrogen-bond donors (Lipinski definition) is 0. The molecule has 1 heterocycles. The van der Waals surface area contributed by atoms with Gasteiger partial charge < -0.3 is 14.2 Å². The van der Waals surface area contributed by atoms with Crippen LogP contribution in [0.15, 0.2) is 12.1 Å². The standard InChI is InChI=1S/C15H19ClO4/c1-18-14-9-11(8-12(16)15(14)19-2)13(17)7-10-3-5-20-6-4-10/h8-10H,3-7H2,1-2H3. The van der Waals surface area contributed by atoms with Crippen molar-refractivity contribution in [3.63, 3.8) is 0 Å². The van der Waals surface area contributed by atoms with E-state index in [2.05, 4.69) is 0 Å². The predicted molar refractivity (Wildman–Crippen MR) is 77.0 cm³/mol. The van der Waals surface area contributed by atoms with Gasteiger partial charge in [-0.2, -0.15) is 0 Å². The van der Waals surface area contributed by atoms with Crippen molar-refractivity contribution in [2.24, 2.45) is 5.92 Å². The highest BCUT2D eigenvalue weighted by molar-refractivity contribution is 6.32. The highest BCUT2D eigenvalue weighted by atomic mass is 35.5. The molecule has 4 nitrogen and oxygen atoms in total. The largest absolute Gasteiger partial charge is 0.493 e. The molecule has 0 amide bonds. The van der Waals surface area contributed by atoms with Gasteiger partial charge in [-0.15, -0.1) is 0 Å². The first-order valence-electron chi connectivity index (χ1n) is 6.68. The van der Waals surface area contributed by atoms with Gasteiger partial charge in [-0.05, 0) is 30.9 Å². The van der Waals surface area contributed by atoms with E-state index in [-0.39, 0.29) is 5.78 Å². The third kappa shape index (κ3) is 3.44. The van der Waals surface area contributed by atoms with Gasteiger partial charge in [-0.25, -0.2) is 0 Å². The fourth-order valence-corrected chi connectivity index (χ4v) is 2.70. The van der Waals surface area contributed by atoms with Crippen molar-refractivity contribution in [2.75, 3.05) is 27.4 Å². The SMILES string of the molecule is COc1cc(C(=O)CC2CCOCC2)cc(Cl)c1OC. The van der Waals surface area contributed by atoms with Crippen molar-refractivity contribution < 1.29 is 19.0 Å². The Bertz CT molecular complexity index is 481. The highest BCUT2D eigenvalue weighted by Gasteiger charge is 2.20. The molecule has 0 saturated carbocycles. The lowest BCUT2D eigenvalue weighted by Crippen LogP contribution is -2.18. The molecule has 1 fully saturated rings. The zero-order valence-corrected chi connectivity index (χ0v) is 12.5. The summed E-state index contributed by atoms with van der Waals surface area (Å²) in [6.45, 7) is 1.48. The van der Waals surface area contributed by atoms with Crippen LogP contribution in [0.3, 0.4) is 0 Å². The number of carbonyl (C=O) groups excluding carboxylic acids is 1. The highest BCUT2D eigenvalue weighted by Crippen LogP contribution is 2.36. The van der Waals surface area contributed by atoms with Crippen LogP contribution in [0.5, 0.6) is 11.5 Å². The van der Waals surface area contributed by atoms with E-state index < -0.39 is 0 Å². The van der Waals surface area contributed by atoms with Gasteiger partial charge in [0.2, 0.25) is 0 Å². The van der Waals surface area contributed by atoms with Gasteiger partial charge in [0.15, 0.2) is 17.3 Å². The van der Waals surface area contributed by atoms with Gasteiger partial charge in [0.1, 0.15) is 0 Å². The molecule has 5 heteroatoms. The molecule has 20 heavy (non-hydrogen) atoms. The summed E-state index contributed by atoms with van der Waals surface area (Å²) in [6.07, 6.45) is 2.40. The van der Waals surface area contributed by atoms with Crippen LogP contribution >= 0.6 is 11.6 Å². The Morgan fingerprint density at radius 3 is 2.60 bits per heavy atom. The van der Waals surface area contributed by atoms with Gasteiger partial charge in [0.25, 0.3) is 0 Å². The average Bonchev–Trinajstić information content (AvgIpc) is 2.47. The van der Waals surface area contributed by atoms with E-state index in [1.807, 2.05) is 0 Å². The molecule has 0 atom stereocenters. The molecule has 0 unspecified atom stereocenters. The molecule has 0 radical (unpaired) electrons. The van der Waals surface area contributed by atoms with E-state index in [1.165, 1.54) is 14.2 Å². The van der Waals surface area contributed by atoms with Crippen LogP contribution in [0.4, 0.5) is 0 Å². The second-order valence-electron chi connectivity index (χ2n) is 4.88. The fourth-order valence-electron chi connectivity index (χ4n) is 2.41. The molecule has 1 aliphatic heterocycles. The van der Waals surface area contributed by atoms with Crippen LogP contribution in [0, 0.1) is 5.92 Å². The molecule has 1 aromatic rings. The molecule has 0 N–H and O–H groups in total. The molecule has 0 spiro atoms. The van der Waals surface area contributed by atoms with E-state index >= 15 is 0 Å². The Balaban J connectivity index is 2.15. The zero-order chi connectivity index (χ0) is 14.5. The molecule has 1 aromatic carbocycles. The molecule has 1 aliphatic rings. The summed E-state index contributed by atoms with van der Waals surface area (Å²) in [5.74, 6) is 1.41. The number of hydrogen-bond acceptors (Lipinski definition) is 4. The van der Waals surface area contributed by atoms with E-state index in [0.717, 1.165) is 26.1 Å². The summed E-state index contributed by atoms with van der Waals surface area (Å²) in [4.78, 5) is 12.3. The summed E-state index contributed by atoms with van der Waals surface area (Å²) in [5.41, 5.74) is 0.569. The molecule has 0 aliphatic carbocycles. The molecular formula is C15H19ClO4. The van der Waals surface area contributed by atoms with Gasteiger partial charge in [-0.3, -0.25) is 4.79 Å². The Hall–Kier alpha value is -1.26. The fraction of sp³-hybridized carbons (Fsp3) is 0.533. The number of ketones is 1. The maximum atomic E-state index is 12.3. The third-order valence-corrected chi connectivity index (χ3v) is 3.85. The number of carbonyl (C=O) groups is 1. The number of methoxy groups -OCH3 is 2. The Morgan fingerprint density at radius 1 is 1.30 bits per heavy atom. The Morgan fingerprint density at radius 2 is 2.00 bits per heavy atom. The van der Waals surface area contributed by atoms with Crippen LogP contribution in [-0.2, 0) is 4.74 Å². The summed E-state index contributed by atoms with van der Waals surface area (Å²) in [7, 11) is 3.05. The van der Waals surface area contributed by atoms with Crippen molar-refractivity contribution in [1.82, 2.24) is 0 Å². The number of benzene rings is 1. The van der Waals surface area contributed by atoms with E-state index in [4.69, 9.17) is 25.8 Å². The lowest BCUT2D eigenvalue weighted by molar-refractivity contribution is 0.0601. The molecule has 0 aromatic heterocycles. The van der Waals surface area contributed by atoms with Crippen molar-refractivity contribution in [3.05, 3.63) is 22.7 Å². The Labute approximate surface area is 124 Å². The maximum absolute atomic E-state index is 12.3. The van der Waals surface area contributed by atoms with Crippen LogP contribution < -0.4 is 9.47 Å². The van der Waals surface area contributed by atoms with Crippen molar-refractivity contribution >= 4 is 17.4 Å². The van der Waals surface area contributed by atoms with Crippen LogP contribution in [0.25, 0.3) is 0 Å². The molecule has 110 valence electrons. The number of halogens is 1. The van der Waals surface area contributed by atoms with Crippen LogP contribution in [0.1, 0.15) is 29.6 Å². The van der Waals surface area contributed by atoms with E-state index in [9.17, 15) is 4.79 Å². The zero-order valence-electron chi connectivity index (χ0n) is 11.8. The summed E-state index contributed by atoms with van der Waals surface area (Å²) in [6, 6.07) is 3.33. The molecular weight excluding hydrogens is 280 g/mol. The van der Waals surface area contributed by atoms with Crippen LogP contribution in [-0.4, -0.2) is 33.2 Å². The van der Waals surface area contributed by atoms with Crippen molar-refractivity contribution in [3.8, 4) is 11.5 Å². The number of rotatable bonds is 5. The minimum absolute atomic E-state index is 0.0831. The molecule has 1 saturated heterocycles. The molecule has 0 bridgehead atoms. The second-order valence-corrected chi connectivity index (χ2v) is 5.28. The lowest BCUT2D eigenvalue weighted by atomic mass is 9.92. The van der Waals surface area contributed by atoms with E-state index in [1.54, 1.807) is 12.1 Å². The lowest BCUT2D eigenvalue weighted by Gasteiger charge is -2.21. The normalized spacial score (nSPS) is 15.9. The summed E-state index contributed by atoms with van der Waals surface area (Å²) >= 11 is 6.12. The van der Waals surface area contributed by atoms with Gasteiger partial charge in [0, 0.05) is 25.2 Å². The third-order valence-electron chi connectivity index (χ3n) is 3.57. The smallest absolute Gasteiger partial charge is 0.179 e. The number of ether oxygens (including phenoxy) is 3. The van der Waals surface area contributed by atoms with E-state index in [0.29, 0.717) is 34.4 Å². The first kappa shape index (κ1) is 15.1. The minimum Gasteiger partial charge on any atom is -0.493 e.